The minimum absolute atomic E-state index is 0.0500. The van der Waals surface area contributed by atoms with Gasteiger partial charge in [-0.25, -0.2) is 0 Å². The SMILES string of the molecule is Cc1ccccc1OC[C@@H](C)NC(=O)COc1ccc2ccccc2c1Br. The lowest BCUT2D eigenvalue weighted by molar-refractivity contribution is -0.123. The van der Waals surface area contributed by atoms with Crippen LogP contribution in [0.25, 0.3) is 10.8 Å². The number of nitrogens with one attached hydrogen (secondary N) is 1. The first-order chi connectivity index (χ1) is 13.0. The molecule has 3 aromatic rings. The molecule has 3 rings (SSSR count). The number of carbonyl (C=O) groups excluding carboxylic acids is 1. The van der Waals surface area contributed by atoms with Gasteiger partial charge in [0.15, 0.2) is 6.61 Å². The highest BCUT2D eigenvalue weighted by atomic mass is 79.9. The lowest BCUT2D eigenvalue weighted by Gasteiger charge is -2.16. The summed E-state index contributed by atoms with van der Waals surface area (Å²) in [5.41, 5.74) is 1.07. The van der Waals surface area contributed by atoms with Gasteiger partial charge in [-0.05, 0) is 58.2 Å². The van der Waals surface area contributed by atoms with Crippen molar-refractivity contribution in [1.82, 2.24) is 5.32 Å². The number of carbonyl (C=O) groups is 1. The molecule has 0 spiro atoms. The molecular weight excluding hydrogens is 406 g/mol. The van der Waals surface area contributed by atoms with Gasteiger partial charge < -0.3 is 14.8 Å². The van der Waals surface area contributed by atoms with Crippen molar-refractivity contribution >= 4 is 32.6 Å². The van der Waals surface area contributed by atoms with Crippen LogP contribution in [0.5, 0.6) is 11.5 Å². The lowest BCUT2D eigenvalue weighted by atomic mass is 10.1. The number of hydrogen-bond acceptors (Lipinski definition) is 3. The number of aryl methyl sites for hydroxylation is 1. The van der Waals surface area contributed by atoms with Gasteiger partial charge in [0.05, 0.1) is 10.5 Å². The largest absolute Gasteiger partial charge is 0.491 e. The molecule has 0 aliphatic rings. The van der Waals surface area contributed by atoms with Gasteiger partial charge in [0.25, 0.3) is 5.91 Å². The van der Waals surface area contributed by atoms with Crippen LogP contribution < -0.4 is 14.8 Å². The van der Waals surface area contributed by atoms with Crippen LogP contribution in [0.2, 0.25) is 0 Å². The van der Waals surface area contributed by atoms with E-state index in [2.05, 4.69) is 21.2 Å². The highest BCUT2D eigenvalue weighted by molar-refractivity contribution is 9.10. The van der Waals surface area contributed by atoms with Crippen molar-refractivity contribution in [1.29, 1.82) is 0 Å². The maximum atomic E-state index is 12.2. The fourth-order valence-electron chi connectivity index (χ4n) is 2.76. The van der Waals surface area contributed by atoms with E-state index in [4.69, 9.17) is 9.47 Å². The quantitative estimate of drug-likeness (QED) is 0.584. The van der Waals surface area contributed by atoms with Gasteiger partial charge in [-0.15, -0.1) is 0 Å². The molecule has 3 aromatic carbocycles. The molecule has 1 N–H and O–H groups in total. The Labute approximate surface area is 167 Å². The average Bonchev–Trinajstić information content (AvgIpc) is 2.67. The normalized spacial score (nSPS) is 11.8. The Hall–Kier alpha value is -2.53. The van der Waals surface area contributed by atoms with E-state index in [1.807, 2.05) is 74.5 Å². The number of halogens is 1. The molecule has 0 aromatic heterocycles. The zero-order chi connectivity index (χ0) is 19.2. The molecule has 4 nitrogen and oxygen atoms in total. The second kappa shape index (κ2) is 8.91. The van der Waals surface area contributed by atoms with Crippen molar-refractivity contribution in [3.63, 3.8) is 0 Å². The minimum atomic E-state index is -0.184. The third-order valence-corrected chi connectivity index (χ3v) is 4.99. The predicted octanol–water partition coefficient (Wildman–Crippen LogP) is 4.87. The molecule has 0 aliphatic heterocycles. The zero-order valence-electron chi connectivity index (χ0n) is 15.4. The molecule has 0 radical (unpaired) electrons. The van der Waals surface area contributed by atoms with Crippen LogP contribution in [0.3, 0.4) is 0 Å². The van der Waals surface area contributed by atoms with Gasteiger partial charge in [-0.2, -0.15) is 0 Å². The van der Waals surface area contributed by atoms with Crippen LogP contribution >= 0.6 is 15.9 Å². The summed E-state index contributed by atoms with van der Waals surface area (Å²) in [6.45, 7) is 4.25. The van der Waals surface area contributed by atoms with E-state index in [1.54, 1.807) is 0 Å². The Morgan fingerprint density at radius 3 is 2.56 bits per heavy atom. The van der Waals surface area contributed by atoms with E-state index in [-0.39, 0.29) is 18.6 Å². The average molecular weight is 428 g/mol. The van der Waals surface area contributed by atoms with E-state index >= 15 is 0 Å². The molecule has 0 saturated heterocycles. The molecule has 0 saturated carbocycles. The molecule has 0 aliphatic carbocycles. The highest BCUT2D eigenvalue weighted by Crippen LogP contribution is 2.32. The Kier molecular flexibility index (Phi) is 6.35. The van der Waals surface area contributed by atoms with Crippen molar-refractivity contribution in [3.05, 3.63) is 70.7 Å². The topological polar surface area (TPSA) is 47.6 Å². The summed E-state index contributed by atoms with van der Waals surface area (Å²) in [5.74, 6) is 1.29. The highest BCUT2D eigenvalue weighted by Gasteiger charge is 2.11. The Balaban J connectivity index is 1.51. The second-order valence-corrected chi connectivity index (χ2v) is 7.23. The molecular formula is C22H22BrNO3. The van der Waals surface area contributed by atoms with Crippen molar-refractivity contribution in [2.45, 2.75) is 19.9 Å². The van der Waals surface area contributed by atoms with Gasteiger partial charge in [-0.3, -0.25) is 4.79 Å². The van der Waals surface area contributed by atoms with Gasteiger partial charge in [0.2, 0.25) is 0 Å². The summed E-state index contributed by atoms with van der Waals surface area (Å²) in [4.78, 5) is 12.2. The molecule has 140 valence electrons. The second-order valence-electron chi connectivity index (χ2n) is 6.43. The lowest BCUT2D eigenvalue weighted by Crippen LogP contribution is -2.39. The third kappa shape index (κ3) is 5.01. The van der Waals surface area contributed by atoms with E-state index < -0.39 is 0 Å². The van der Waals surface area contributed by atoms with Crippen LogP contribution in [0, 0.1) is 6.92 Å². The fraction of sp³-hybridized carbons (Fsp3) is 0.227. The van der Waals surface area contributed by atoms with Crippen LogP contribution in [-0.4, -0.2) is 25.2 Å². The fourth-order valence-corrected chi connectivity index (χ4v) is 3.37. The Bertz CT molecular complexity index is 942. The number of fused-ring (bicyclic) bond motifs is 1. The van der Waals surface area contributed by atoms with Crippen LogP contribution in [0.15, 0.2) is 65.1 Å². The van der Waals surface area contributed by atoms with Crippen LogP contribution in [0.1, 0.15) is 12.5 Å². The number of para-hydroxylation sites is 1. The molecule has 0 unspecified atom stereocenters. The summed E-state index contributed by atoms with van der Waals surface area (Å²) in [5, 5.41) is 5.06. The van der Waals surface area contributed by atoms with Gasteiger partial charge in [0, 0.05) is 0 Å². The molecule has 5 heteroatoms. The first-order valence-corrected chi connectivity index (χ1v) is 9.61. The molecule has 0 bridgehead atoms. The number of ether oxygens (including phenoxy) is 2. The summed E-state index contributed by atoms with van der Waals surface area (Å²) >= 11 is 3.56. The van der Waals surface area contributed by atoms with E-state index in [0.29, 0.717) is 12.4 Å². The number of rotatable bonds is 7. The smallest absolute Gasteiger partial charge is 0.258 e. The summed E-state index contributed by atoms with van der Waals surface area (Å²) in [7, 11) is 0. The summed E-state index contributed by atoms with van der Waals surface area (Å²) in [6, 6.07) is 19.5. The van der Waals surface area contributed by atoms with Gasteiger partial charge >= 0.3 is 0 Å². The van der Waals surface area contributed by atoms with Crippen molar-refractivity contribution in [3.8, 4) is 11.5 Å². The van der Waals surface area contributed by atoms with Gasteiger partial charge in [0.1, 0.15) is 18.1 Å². The van der Waals surface area contributed by atoms with Gasteiger partial charge in [-0.1, -0.05) is 48.5 Å². The Morgan fingerprint density at radius 2 is 1.74 bits per heavy atom. The number of amides is 1. The standard InChI is InChI=1S/C22H22BrNO3/c1-15-7-3-6-10-19(15)26-13-16(2)24-21(25)14-27-20-12-11-17-8-4-5-9-18(17)22(20)23/h3-12,16H,13-14H2,1-2H3,(H,24,25)/t16-/m1/s1. The predicted molar refractivity (Wildman–Crippen MR) is 111 cm³/mol. The maximum Gasteiger partial charge on any atom is 0.258 e. The van der Waals surface area contributed by atoms with Crippen molar-refractivity contribution < 1.29 is 14.3 Å². The van der Waals surface area contributed by atoms with Crippen LogP contribution in [-0.2, 0) is 4.79 Å². The number of hydrogen-bond donors (Lipinski definition) is 1. The van der Waals surface area contributed by atoms with E-state index in [0.717, 1.165) is 26.6 Å². The third-order valence-electron chi connectivity index (χ3n) is 4.18. The first-order valence-electron chi connectivity index (χ1n) is 8.82. The van der Waals surface area contributed by atoms with Crippen LogP contribution in [0.4, 0.5) is 0 Å². The summed E-state index contributed by atoms with van der Waals surface area (Å²) < 4.78 is 12.3. The van der Waals surface area contributed by atoms with Crippen molar-refractivity contribution in [2.24, 2.45) is 0 Å². The number of benzene rings is 3. The molecule has 1 amide bonds. The first kappa shape index (κ1) is 19.2. The maximum absolute atomic E-state index is 12.2. The Morgan fingerprint density at radius 1 is 1.00 bits per heavy atom. The zero-order valence-corrected chi connectivity index (χ0v) is 17.0. The monoisotopic (exact) mass is 427 g/mol. The minimum Gasteiger partial charge on any atom is -0.491 e. The molecule has 27 heavy (non-hydrogen) atoms. The molecule has 0 heterocycles. The van der Waals surface area contributed by atoms with Crippen molar-refractivity contribution in [2.75, 3.05) is 13.2 Å². The van der Waals surface area contributed by atoms with E-state index in [9.17, 15) is 4.79 Å². The summed E-state index contributed by atoms with van der Waals surface area (Å²) in [6.07, 6.45) is 0. The van der Waals surface area contributed by atoms with E-state index in [1.165, 1.54) is 0 Å². The molecule has 1 atom stereocenters. The molecule has 0 fully saturated rings.